The van der Waals surface area contributed by atoms with Crippen LogP contribution in [-0.4, -0.2) is 45.8 Å². The van der Waals surface area contributed by atoms with E-state index in [-0.39, 0.29) is 18.5 Å². The minimum Gasteiger partial charge on any atom is -0.475 e. The smallest absolute Gasteiger partial charge is 0.374 e. The Morgan fingerprint density at radius 3 is 2.68 bits per heavy atom. The fourth-order valence-electron chi connectivity index (χ4n) is 1.76. The molecule has 1 aromatic carbocycles. The number of rotatable bonds is 4. The zero-order valence-electron chi connectivity index (χ0n) is 10.7. The molecule has 100 valence electrons. The molecule has 1 atom stereocenters. The van der Waals surface area contributed by atoms with Gasteiger partial charge in [-0.2, -0.15) is 0 Å². The molecule has 1 heterocycles. The summed E-state index contributed by atoms with van der Waals surface area (Å²) in [4.78, 5) is 20.9. The van der Waals surface area contributed by atoms with Crippen molar-refractivity contribution in [2.75, 3.05) is 18.6 Å². The van der Waals surface area contributed by atoms with E-state index in [1.807, 2.05) is 19.1 Å². The molecule has 2 rings (SSSR count). The SMILES string of the molecule is CC(CO)N(C)c1nc(C(=O)O)nc2ccccc12. The van der Waals surface area contributed by atoms with Gasteiger partial charge in [-0.3, -0.25) is 0 Å². The van der Waals surface area contributed by atoms with Gasteiger partial charge in [-0.25, -0.2) is 14.8 Å². The van der Waals surface area contributed by atoms with Crippen molar-refractivity contribution in [3.63, 3.8) is 0 Å². The molecule has 6 nitrogen and oxygen atoms in total. The lowest BCUT2D eigenvalue weighted by atomic mass is 10.2. The minimum atomic E-state index is -1.17. The number of para-hydroxylation sites is 1. The van der Waals surface area contributed by atoms with Crippen molar-refractivity contribution in [1.82, 2.24) is 9.97 Å². The van der Waals surface area contributed by atoms with Crippen LogP contribution in [0, 0.1) is 0 Å². The van der Waals surface area contributed by atoms with Crippen molar-refractivity contribution in [2.45, 2.75) is 13.0 Å². The first-order valence-corrected chi connectivity index (χ1v) is 5.88. The predicted octanol–water partition coefficient (Wildman–Crippen LogP) is 1.14. The maximum Gasteiger partial charge on any atom is 0.374 e. The van der Waals surface area contributed by atoms with Gasteiger partial charge in [0, 0.05) is 12.4 Å². The number of carbonyl (C=O) groups is 1. The molecule has 1 unspecified atom stereocenters. The van der Waals surface area contributed by atoms with Crippen molar-refractivity contribution in [2.24, 2.45) is 0 Å². The van der Waals surface area contributed by atoms with E-state index in [0.29, 0.717) is 11.3 Å². The lowest BCUT2D eigenvalue weighted by Crippen LogP contribution is -2.33. The second kappa shape index (κ2) is 5.19. The number of anilines is 1. The van der Waals surface area contributed by atoms with Gasteiger partial charge in [0.05, 0.1) is 18.2 Å². The van der Waals surface area contributed by atoms with Crippen LogP contribution in [0.5, 0.6) is 0 Å². The fourth-order valence-corrected chi connectivity index (χ4v) is 1.76. The molecule has 6 heteroatoms. The third-order valence-corrected chi connectivity index (χ3v) is 3.03. The summed E-state index contributed by atoms with van der Waals surface area (Å²) in [6.07, 6.45) is 0. The monoisotopic (exact) mass is 261 g/mol. The number of likely N-dealkylation sites (N-methyl/N-ethyl adjacent to an activating group) is 1. The third kappa shape index (κ3) is 2.48. The van der Waals surface area contributed by atoms with Gasteiger partial charge >= 0.3 is 5.97 Å². The molecule has 2 N–H and O–H groups in total. The number of aliphatic hydroxyl groups excluding tert-OH is 1. The number of nitrogens with zero attached hydrogens (tertiary/aromatic N) is 3. The van der Waals surface area contributed by atoms with Crippen molar-refractivity contribution < 1.29 is 15.0 Å². The van der Waals surface area contributed by atoms with Crippen LogP contribution in [-0.2, 0) is 0 Å². The molecule has 0 aliphatic carbocycles. The summed E-state index contributed by atoms with van der Waals surface area (Å²) >= 11 is 0. The normalized spacial score (nSPS) is 12.4. The van der Waals surface area contributed by atoms with Crippen molar-refractivity contribution in [1.29, 1.82) is 0 Å². The molecule has 0 aliphatic heterocycles. The van der Waals surface area contributed by atoms with E-state index < -0.39 is 5.97 Å². The second-order valence-electron chi connectivity index (χ2n) is 4.34. The number of hydrogen-bond donors (Lipinski definition) is 2. The van der Waals surface area contributed by atoms with Gasteiger partial charge < -0.3 is 15.1 Å². The molecule has 1 aromatic heterocycles. The van der Waals surface area contributed by atoms with Gasteiger partial charge in [-0.1, -0.05) is 12.1 Å². The van der Waals surface area contributed by atoms with Gasteiger partial charge in [0.2, 0.25) is 5.82 Å². The molecular weight excluding hydrogens is 246 g/mol. The molecule has 0 saturated heterocycles. The highest BCUT2D eigenvalue weighted by Gasteiger charge is 2.18. The van der Waals surface area contributed by atoms with Crippen molar-refractivity contribution in [3.05, 3.63) is 30.1 Å². The lowest BCUT2D eigenvalue weighted by Gasteiger charge is -2.25. The van der Waals surface area contributed by atoms with Crippen LogP contribution in [0.3, 0.4) is 0 Å². The van der Waals surface area contributed by atoms with Gasteiger partial charge in [-0.15, -0.1) is 0 Å². The quantitative estimate of drug-likeness (QED) is 0.858. The van der Waals surface area contributed by atoms with Crippen LogP contribution in [0.25, 0.3) is 10.9 Å². The first kappa shape index (κ1) is 13.2. The van der Waals surface area contributed by atoms with Gasteiger partial charge in [-0.05, 0) is 19.1 Å². The second-order valence-corrected chi connectivity index (χ2v) is 4.34. The molecule has 0 saturated carbocycles. The molecule has 2 aromatic rings. The number of hydrogen-bond acceptors (Lipinski definition) is 5. The van der Waals surface area contributed by atoms with E-state index in [0.717, 1.165) is 5.39 Å². The summed E-state index contributed by atoms with van der Waals surface area (Å²) in [5.74, 6) is -0.910. The fraction of sp³-hybridized carbons (Fsp3) is 0.308. The standard InChI is InChI=1S/C13H15N3O3/c1-8(7-17)16(2)12-9-5-3-4-6-10(9)14-11(15-12)13(18)19/h3-6,8,17H,7H2,1-2H3,(H,18,19). The van der Waals surface area contributed by atoms with E-state index in [2.05, 4.69) is 9.97 Å². The zero-order valence-corrected chi connectivity index (χ0v) is 10.7. The average Bonchev–Trinajstić information content (AvgIpc) is 2.44. The lowest BCUT2D eigenvalue weighted by molar-refractivity contribution is 0.0684. The number of carboxylic acids is 1. The molecule has 0 fully saturated rings. The number of benzene rings is 1. The van der Waals surface area contributed by atoms with Crippen molar-refractivity contribution in [3.8, 4) is 0 Å². The summed E-state index contributed by atoms with van der Waals surface area (Å²) in [5, 5.41) is 19.0. The Bertz CT molecular complexity index is 615. The van der Waals surface area contributed by atoms with Crippen LogP contribution in [0.15, 0.2) is 24.3 Å². The average molecular weight is 261 g/mol. The van der Waals surface area contributed by atoms with Crippen LogP contribution in [0.4, 0.5) is 5.82 Å². The summed E-state index contributed by atoms with van der Waals surface area (Å²) in [6, 6.07) is 7.04. The Morgan fingerprint density at radius 2 is 2.05 bits per heavy atom. The van der Waals surface area contributed by atoms with Crippen LogP contribution in [0.1, 0.15) is 17.5 Å². The Kier molecular flexibility index (Phi) is 3.62. The van der Waals surface area contributed by atoms with E-state index in [1.54, 1.807) is 24.1 Å². The highest BCUT2D eigenvalue weighted by molar-refractivity contribution is 5.93. The van der Waals surface area contributed by atoms with Crippen molar-refractivity contribution >= 4 is 22.7 Å². The number of aromatic carboxylic acids is 1. The summed E-state index contributed by atoms with van der Waals surface area (Å²) in [7, 11) is 1.77. The van der Waals surface area contributed by atoms with Gasteiger partial charge in [0.1, 0.15) is 5.82 Å². The molecule has 0 amide bonds. The maximum atomic E-state index is 11.1. The van der Waals surface area contributed by atoms with Gasteiger partial charge in [0.15, 0.2) is 0 Å². The van der Waals surface area contributed by atoms with Crippen LogP contribution < -0.4 is 4.90 Å². The Morgan fingerprint density at radius 1 is 1.37 bits per heavy atom. The summed E-state index contributed by atoms with van der Waals surface area (Å²) < 4.78 is 0. The highest BCUT2D eigenvalue weighted by Crippen LogP contribution is 2.24. The van der Waals surface area contributed by atoms with E-state index in [4.69, 9.17) is 5.11 Å². The number of fused-ring (bicyclic) bond motifs is 1. The molecular formula is C13H15N3O3. The molecule has 0 bridgehead atoms. The first-order chi connectivity index (χ1) is 9.04. The minimum absolute atomic E-state index is 0.0444. The summed E-state index contributed by atoms with van der Waals surface area (Å²) in [5.41, 5.74) is 0.571. The zero-order chi connectivity index (χ0) is 14.0. The molecule has 0 aliphatic rings. The number of carboxylic acid groups (broad SMARTS) is 1. The largest absolute Gasteiger partial charge is 0.475 e. The highest BCUT2D eigenvalue weighted by atomic mass is 16.4. The molecule has 19 heavy (non-hydrogen) atoms. The van der Waals surface area contributed by atoms with E-state index >= 15 is 0 Å². The molecule has 0 radical (unpaired) electrons. The number of aliphatic hydroxyl groups is 1. The topological polar surface area (TPSA) is 86.5 Å². The Hall–Kier alpha value is -2.21. The first-order valence-electron chi connectivity index (χ1n) is 5.88. The Balaban J connectivity index is 2.66. The third-order valence-electron chi connectivity index (χ3n) is 3.03. The van der Waals surface area contributed by atoms with Gasteiger partial charge in [0.25, 0.3) is 0 Å². The molecule has 0 spiro atoms. The van der Waals surface area contributed by atoms with Crippen LogP contribution in [0.2, 0.25) is 0 Å². The van der Waals surface area contributed by atoms with E-state index in [1.165, 1.54) is 0 Å². The van der Waals surface area contributed by atoms with Crippen LogP contribution >= 0.6 is 0 Å². The summed E-state index contributed by atoms with van der Waals surface area (Å²) in [6.45, 7) is 1.79. The predicted molar refractivity (Wildman–Crippen MR) is 71.4 cm³/mol. The Labute approximate surface area is 110 Å². The maximum absolute atomic E-state index is 11.1. The number of aromatic nitrogens is 2. The van der Waals surface area contributed by atoms with E-state index in [9.17, 15) is 9.90 Å².